The van der Waals surface area contributed by atoms with Crippen LogP contribution in [0.2, 0.25) is 0 Å². The number of carbonyl (C=O) groups excluding carboxylic acids is 1. The molecule has 1 aromatic heterocycles. The molecule has 1 saturated heterocycles. The van der Waals surface area contributed by atoms with E-state index in [1.807, 2.05) is 0 Å². The second-order valence-electron chi connectivity index (χ2n) is 5.17. The van der Waals surface area contributed by atoms with E-state index in [-0.39, 0.29) is 24.4 Å². The van der Waals surface area contributed by atoms with Crippen LogP contribution in [-0.4, -0.2) is 46.8 Å². The number of rotatable bonds is 5. The minimum atomic E-state index is -0.341. The number of ether oxygens (including phenoxy) is 2. The number of likely N-dealkylation sites (tertiary alicyclic amines) is 1. The fourth-order valence-corrected chi connectivity index (χ4v) is 2.34. The molecular weight excluding hydrogens is 301 g/mol. The number of halogens is 1. The summed E-state index contributed by atoms with van der Waals surface area (Å²) in [6.45, 7) is 1.02. The van der Waals surface area contributed by atoms with E-state index < -0.39 is 0 Å². The van der Waals surface area contributed by atoms with Crippen molar-refractivity contribution in [3.63, 3.8) is 0 Å². The summed E-state index contributed by atoms with van der Waals surface area (Å²) in [5, 5.41) is 7.61. The van der Waals surface area contributed by atoms with E-state index in [1.165, 1.54) is 24.3 Å². The molecule has 23 heavy (non-hydrogen) atoms. The van der Waals surface area contributed by atoms with Crippen molar-refractivity contribution in [1.82, 2.24) is 15.1 Å². The molecule has 1 fully saturated rings. The molecular formula is C16H16FN3O3. The monoisotopic (exact) mass is 317 g/mol. The van der Waals surface area contributed by atoms with Gasteiger partial charge in [-0.05, 0) is 30.3 Å². The van der Waals surface area contributed by atoms with Gasteiger partial charge in [-0.15, -0.1) is 5.10 Å². The zero-order chi connectivity index (χ0) is 16.1. The van der Waals surface area contributed by atoms with E-state index in [0.29, 0.717) is 24.7 Å². The number of nitrogens with zero attached hydrogens (tertiary/aromatic N) is 3. The Balaban J connectivity index is 1.46. The summed E-state index contributed by atoms with van der Waals surface area (Å²) in [4.78, 5) is 13.8. The molecule has 1 unspecified atom stereocenters. The molecule has 2 aromatic rings. The van der Waals surface area contributed by atoms with Crippen LogP contribution in [0.5, 0.6) is 11.6 Å². The largest absolute Gasteiger partial charge is 0.484 e. The number of aromatic nitrogens is 2. The first kappa shape index (κ1) is 15.2. The van der Waals surface area contributed by atoms with Gasteiger partial charge in [-0.1, -0.05) is 0 Å². The van der Waals surface area contributed by atoms with E-state index in [4.69, 9.17) is 9.47 Å². The second kappa shape index (κ2) is 7.04. The Morgan fingerprint density at radius 1 is 1.30 bits per heavy atom. The highest BCUT2D eigenvalue weighted by Crippen LogP contribution is 2.16. The summed E-state index contributed by atoms with van der Waals surface area (Å²) < 4.78 is 23.8. The summed E-state index contributed by atoms with van der Waals surface area (Å²) in [5.41, 5.74) is 0. The van der Waals surface area contributed by atoms with Gasteiger partial charge in [0, 0.05) is 25.2 Å². The number of hydrogen-bond acceptors (Lipinski definition) is 5. The summed E-state index contributed by atoms with van der Waals surface area (Å²) >= 11 is 0. The van der Waals surface area contributed by atoms with Crippen LogP contribution in [0, 0.1) is 5.82 Å². The lowest BCUT2D eigenvalue weighted by molar-refractivity contribution is -0.132. The number of amides is 1. The van der Waals surface area contributed by atoms with Crippen LogP contribution in [0.15, 0.2) is 42.6 Å². The van der Waals surface area contributed by atoms with Crippen molar-refractivity contribution in [2.24, 2.45) is 0 Å². The zero-order valence-electron chi connectivity index (χ0n) is 12.4. The highest BCUT2D eigenvalue weighted by Gasteiger charge is 2.28. The Bertz CT molecular complexity index is 651. The summed E-state index contributed by atoms with van der Waals surface area (Å²) in [6, 6.07) is 9.05. The Morgan fingerprint density at radius 2 is 2.13 bits per heavy atom. The van der Waals surface area contributed by atoms with Crippen molar-refractivity contribution < 1.29 is 18.7 Å². The van der Waals surface area contributed by atoms with Crippen LogP contribution >= 0.6 is 0 Å². The first-order chi connectivity index (χ1) is 11.2. The average Bonchev–Trinajstić information content (AvgIpc) is 3.03. The maximum Gasteiger partial charge on any atom is 0.260 e. The smallest absolute Gasteiger partial charge is 0.260 e. The van der Waals surface area contributed by atoms with Crippen LogP contribution in [0.25, 0.3) is 0 Å². The van der Waals surface area contributed by atoms with E-state index in [0.717, 1.165) is 6.42 Å². The highest BCUT2D eigenvalue weighted by molar-refractivity contribution is 5.78. The Morgan fingerprint density at radius 3 is 2.87 bits per heavy atom. The molecule has 0 aliphatic carbocycles. The Labute approximate surface area is 132 Å². The summed E-state index contributed by atoms with van der Waals surface area (Å²) in [5.74, 6) is 0.451. The van der Waals surface area contributed by atoms with Gasteiger partial charge in [0.15, 0.2) is 6.61 Å². The van der Waals surface area contributed by atoms with Crippen LogP contribution in [0.1, 0.15) is 6.42 Å². The molecule has 1 aliphatic rings. The van der Waals surface area contributed by atoms with Crippen molar-refractivity contribution in [1.29, 1.82) is 0 Å². The maximum atomic E-state index is 12.8. The standard InChI is InChI=1S/C16H16FN3O3/c17-12-3-5-13(6-4-12)22-11-16(21)20-9-7-14(10-20)23-15-2-1-8-18-19-15/h1-6,8,14H,7,9-11H2. The topological polar surface area (TPSA) is 64.5 Å². The first-order valence-electron chi connectivity index (χ1n) is 7.31. The molecule has 1 atom stereocenters. The predicted molar refractivity (Wildman–Crippen MR) is 79.5 cm³/mol. The normalized spacial score (nSPS) is 17.1. The molecule has 7 heteroatoms. The molecule has 1 aromatic carbocycles. The number of hydrogen-bond donors (Lipinski definition) is 0. The molecule has 0 bridgehead atoms. The molecule has 0 saturated carbocycles. The van der Waals surface area contributed by atoms with Crippen molar-refractivity contribution in [2.75, 3.05) is 19.7 Å². The predicted octanol–water partition coefficient (Wildman–Crippen LogP) is 1.67. The minimum Gasteiger partial charge on any atom is -0.484 e. The molecule has 120 valence electrons. The van der Waals surface area contributed by atoms with Crippen molar-refractivity contribution >= 4 is 5.91 Å². The summed E-state index contributed by atoms with van der Waals surface area (Å²) in [7, 11) is 0. The van der Waals surface area contributed by atoms with Gasteiger partial charge >= 0.3 is 0 Å². The fourth-order valence-electron chi connectivity index (χ4n) is 2.34. The molecule has 1 amide bonds. The summed E-state index contributed by atoms with van der Waals surface area (Å²) in [6.07, 6.45) is 2.21. The van der Waals surface area contributed by atoms with Gasteiger partial charge in [0.25, 0.3) is 5.91 Å². The van der Waals surface area contributed by atoms with E-state index in [1.54, 1.807) is 23.2 Å². The highest BCUT2D eigenvalue weighted by atomic mass is 19.1. The van der Waals surface area contributed by atoms with Crippen LogP contribution in [0.4, 0.5) is 4.39 Å². The van der Waals surface area contributed by atoms with Gasteiger partial charge < -0.3 is 14.4 Å². The molecule has 0 N–H and O–H groups in total. The zero-order valence-corrected chi connectivity index (χ0v) is 12.4. The fraction of sp³-hybridized carbons (Fsp3) is 0.312. The van der Waals surface area contributed by atoms with E-state index in [9.17, 15) is 9.18 Å². The van der Waals surface area contributed by atoms with Crippen LogP contribution < -0.4 is 9.47 Å². The Hall–Kier alpha value is -2.70. The van der Waals surface area contributed by atoms with E-state index in [2.05, 4.69) is 10.2 Å². The van der Waals surface area contributed by atoms with Crippen LogP contribution in [0.3, 0.4) is 0 Å². The van der Waals surface area contributed by atoms with E-state index >= 15 is 0 Å². The molecule has 3 rings (SSSR count). The average molecular weight is 317 g/mol. The SMILES string of the molecule is O=C(COc1ccc(F)cc1)N1CCC(Oc2cccnn2)C1. The molecule has 6 nitrogen and oxygen atoms in total. The van der Waals surface area contributed by atoms with Gasteiger partial charge in [0.2, 0.25) is 5.88 Å². The lowest BCUT2D eigenvalue weighted by Crippen LogP contribution is -2.34. The molecule has 1 aliphatic heterocycles. The minimum absolute atomic E-state index is 0.0799. The van der Waals surface area contributed by atoms with Gasteiger partial charge in [0.1, 0.15) is 17.7 Å². The van der Waals surface area contributed by atoms with Crippen LogP contribution in [-0.2, 0) is 4.79 Å². The molecule has 0 radical (unpaired) electrons. The second-order valence-corrected chi connectivity index (χ2v) is 5.17. The van der Waals surface area contributed by atoms with Gasteiger partial charge in [-0.3, -0.25) is 4.79 Å². The van der Waals surface area contributed by atoms with Gasteiger partial charge in [-0.25, -0.2) is 4.39 Å². The lowest BCUT2D eigenvalue weighted by Gasteiger charge is -2.17. The number of benzene rings is 1. The third-order valence-corrected chi connectivity index (χ3v) is 3.51. The lowest BCUT2D eigenvalue weighted by atomic mass is 10.3. The van der Waals surface area contributed by atoms with Crippen molar-refractivity contribution in [3.8, 4) is 11.6 Å². The molecule has 0 spiro atoms. The van der Waals surface area contributed by atoms with Gasteiger partial charge in [0.05, 0.1) is 6.54 Å². The molecule has 2 heterocycles. The van der Waals surface area contributed by atoms with Crippen molar-refractivity contribution in [3.05, 3.63) is 48.4 Å². The van der Waals surface area contributed by atoms with Gasteiger partial charge in [-0.2, -0.15) is 5.10 Å². The first-order valence-corrected chi connectivity index (χ1v) is 7.31. The third kappa shape index (κ3) is 4.15. The Kier molecular flexibility index (Phi) is 4.65. The maximum absolute atomic E-state index is 12.8. The number of carbonyl (C=O) groups is 1. The third-order valence-electron chi connectivity index (χ3n) is 3.51. The quantitative estimate of drug-likeness (QED) is 0.839. The van der Waals surface area contributed by atoms with Crippen molar-refractivity contribution in [2.45, 2.75) is 12.5 Å².